The van der Waals surface area contributed by atoms with Gasteiger partial charge in [-0.1, -0.05) is 13.8 Å². The Hall–Kier alpha value is -0.785. The number of hydrogen-bond acceptors (Lipinski definition) is 5. The first-order valence-corrected chi connectivity index (χ1v) is 8.10. The molecule has 1 fully saturated rings. The van der Waals surface area contributed by atoms with E-state index >= 15 is 0 Å². The van der Waals surface area contributed by atoms with E-state index in [4.69, 9.17) is 14.0 Å². The molecule has 2 rings (SSSR count). The Balaban J connectivity index is 2.20. The number of rotatable bonds is 5. The summed E-state index contributed by atoms with van der Waals surface area (Å²) in [5.41, 5.74) is -0.727. The highest BCUT2D eigenvalue weighted by atomic mass is 32.1. The van der Waals surface area contributed by atoms with Crippen molar-refractivity contribution < 1.29 is 18.4 Å². The van der Waals surface area contributed by atoms with Crippen molar-refractivity contribution in [1.29, 1.82) is 0 Å². The average molecular weight is 327 g/mol. The molecule has 1 saturated heterocycles. The fourth-order valence-electron chi connectivity index (χ4n) is 2.31. The second kappa shape index (κ2) is 6.38. The maximum Gasteiger partial charge on any atom is 0.496 e. The Labute approximate surface area is 137 Å². The predicted octanol–water partition coefficient (Wildman–Crippen LogP) is 2.95. The minimum absolute atomic E-state index is 0.0545. The molecule has 0 amide bonds. The van der Waals surface area contributed by atoms with Crippen molar-refractivity contribution in [2.45, 2.75) is 64.1 Å². The number of nitrogens with zero attached hydrogens (tertiary/aromatic N) is 1. The summed E-state index contributed by atoms with van der Waals surface area (Å²) in [4.78, 5) is 4.03. The quantitative estimate of drug-likeness (QED) is 0.513. The third-order valence-corrected chi connectivity index (χ3v) is 4.89. The van der Waals surface area contributed by atoms with Gasteiger partial charge in [0.25, 0.3) is 5.88 Å². The van der Waals surface area contributed by atoms with E-state index in [1.54, 1.807) is 0 Å². The molecule has 0 spiro atoms. The number of ether oxygens (including phenoxy) is 1. The van der Waals surface area contributed by atoms with Crippen LogP contribution in [0.1, 0.15) is 47.5 Å². The van der Waals surface area contributed by atoms with Crippen LogP contribution in [-0.2, 0) is 9.31 Å². The Morgan fingerprint density at radius 2 is 2.05 bits per heavy atom. The molecular formula is C15H23BFNO3S. The lowest BCUT2D eigenvalue weighted by atomic mass is 9.80. The molecule has 0 bridgehead atoms. The lowest BCUT2D eigenvalue weighted by molar-refractivity contribution is -0.0118. The standard InChI is InChI=1S/C15H23BFNO3S/c1-6-12(22)19-13-11(17)8-10(9-18-13)16-20-14(3,4)15(5,7-2)21-16/h8-9,12,22H,6-7H2,1-5H3. The van der Waals surface area contributed by atoms with Gasteiger partial charge in [-0.15, -0.1) is 12.6 Å². The molecule has 122 valence electrons. The summed E-state index contributed by atoms with van der Waals surface area (Å²) in [6, 6.07) is 1.35. The fraction of sp³-hybridized carbons (Fsp3) is 0.667. The molecule has 0 aromatic carbocycles. The summed E-state index contributed by atoms with van der Waals surface area (Å²) >= 11 is 4.18. The highest BCUT2D eigenvalue weighted by Gasteiger charge is 2.53. The third-order valence-electron chi connectivity index (χ3n) is 4.41. The average Bonchev–Trinajstić information content (AvgIpc) is 2.71. The third kappa shape index (κ3) is 3.26. The molecule has 2 heterocycles. The molecule has 0 aliphatic carbocycles. The van der Waals surface area contributed by atoms with Crippen LogP contribution in [0.3, 0.4) is 0 Å². The summed E-state index contributed by atoms with van der Waals surface area (Å²) in [5.74, 6) is -0.596. The molecule has 0 N–H and O–H groups in total. The van der Waals surface area contributed by atoms with Gasteiger partial charge in [-0.2, -0.15) is 0 Å². The molecule has 0 radical (unpaired) electrons. The molecule has 1 aromatic rings. The van der Waals surface area contributed by atoms with Crippen molar-refractivity contribution in [3.8, 4) is 5.88 Å². The van der Waals surface area contributed by atoms with Crippen LogP contribution in [0.2, 0.25) is 0 Å². The highest BCUT2D eigenvalue weighted by Crippen LogP contribution is 2.39. The normalized spacial score (nSPS) is 25.3. The number of hydrogen-bond donors (Lipinski definition) is 1. The molecule has 1 aromatic heterocycles. The van der Waals surface area contributed by atoms with Crippen molar-refractivity contribution in [3.63, 3.8) is 0 Å². The van der Waals surface area contributed by atoms with Crippen LogP contribution < -0.4 is 10.2 Å². The molecule has 4 nitrogen and oxygen atoms in total. The smallest absolute Gasteiger partial charge is 0.461 e. The monoisotopic (exact) mass is 327 g/mol. The van der Waals surface area contributed by atoms with E-state index in [0.717, 1.165) is 6.42 Å². The highest BCUT2D eigenvalue weighted by molar-refractivity contribution is 7.80. The minimum atomic E-state index is -0.631. The van der Waals surface area contributed by atoms with Crippen molar-refractivity contribution in [2.24, 2.45) is 0 Å². The Morgan fingerprint density at radius 3 is 2.55 bits per heavy atom. The van der Waals surface area contributed by atoms with E-state index < -0.39 is 24.1 Å². The van der Waals surface area contributed by atoms with Crippen molar-refractivity contribution >= 4 is 25.2 Å². The number of thiol groups is 1. The predicted molar refractivity (Wildman–Crippen MR) is 88.2 cm³/mol. The van der Waals surface area contributed by atoms with E-state index in [2.05, 4.69) is 17.6 Å². The largest absolute Gasteiger partial charge is 0.496 e. The van der Waals surface area contributed by atoms with Gasteiger partial charge < -0.3 is 14.0 Å². The lowest BCUT2D eigenvalue weighted by Crippen LogP contribution is -2.44. The zero-order valence-electron chi connectivity index (χ0n) is 13.7. The van der Waals surface area contributed by atoms with Crippen LogP contribution in [0.4, 0.5) is 4.39 Å². The Morgan fingerprint density at radius 1 is 1.36 bits per heavy atom. The SMILES string of the molecule is CCC(S)Oc1ncc(B2OC(C)(C)C(C)(CC)O2)cc1F. The van der Waals surface area contributed by atoms with E-state index in [1.807, 2.05) is 34.6 Å². The second-order valence-corrected chi connectivity index (χ2v) is 6.77. The summed E-state index contributed by atoms with van der Waals surface area (Å²) in [6.45, 7) is 9.90. The fourth-order valence-corrected chi connectivity index (χ4v) is 2.41. The molecule has 7 heteroatoms. The Kier molecular flexibility index (Phi) is 5.09. The summed E-state index contributed by atoms with van der Waals surface area (Å²) < 4.78 is 31.4. The Bertz CT molecular complexity index is 546. The number of halogens is 1. The maximum atomic E-state index is 14.1. The first-order valence-electron chi connectivity index (χ1n) is 7.58. The van der Waals surface area contributed by atoms with Gasteiger partial charge in [-0.05, 0) is 39.7 Å². The van der Waals surface area contributed by atoms with Gasteiger partial charge in [0.2, 0.25) is 0 Å². The van der Waals surface area contributed by atoms with Gasteiger partial charge in [0, 0.05) is 11.7 Å². The van der Waals surface area contributed by atoms with Gasteiger partial charge in [0.05, 0.1) is 11.2 Å². The molecule has 1 aliphatic rings. The topological polar surface area (TPSA) is 40.6 Å². The van der Waals surface area contributed by atoms with Crippen LogP contribution >= 0.6 is 12.6 Å². The summed E-state index contributed by atoms with van der Waals surface area (Å²) in [6.07, 6.45) is 2.98. The van der Waals surface area contributed by atoms with E-state index in [9.17, 15) is 4.39 Å². The van der Waals surface area contributed by atoms with E-state index in [-0.39, 0.29) is 11.3 Å². The molecular weight excluding hydrogens is 304 g/mol. The van der Waals surface area contributed by atoms with E-state index in [0.29, 0.717) is 11.9 Å². The maximum absolute atomic E-state index is 14.1. The van der Waals surface area contributed by atoms with Gasteiger partial charge >= 0.3 is 7.12 Å². The van der Waals surface area contributed by atoms with Crippen LogP contribution in [-0.4, -0.2) is 28.7 Å². The first kappa shape index (κ1) is 17.6. The minimum Gasteiger partial charge on any atom is -0.461 e. The zero-order chi connectivity index (χ0) is 16.5. The summed E-state index contributed by atoms with van der Waals surface area (Å²) in [5, 5.41) is 0. The second-order valence-electron chi connectivity index (χ2n) is 6.20. The van der Waals surface area contributed by atoms with Gasteiger partial charge in [-0.3, -0.25) is 0 Å². The molecule has 2 atom stereocenters. The van der Waals surface area contributed by atoms with Gasteiger partial charge in [0.1, 0.15) is 5.44 Å². The number of aromatic nitrogens is 1. The van der Waals surface area contributed by atoms with Crippen molar-refractivity contribution in [2.75, 3.05) is 0 Å². The lowest BCUT2D eigenvalue weighted by Gasteiger charge is -2.35. The van der Waals surface area contributed by atoms with Crippen LogP contribution in [0, 0.1) is 5.82 Å². The van der Waals surface area contributed by atoms with Crippen LogP contribution in [0.15, 0.2) is 12.3 Å². The van der Waals surface area contributed by atoms with Gasteiger partial charge in [0.15, 0.2) is 5.82 Å². The van der Waals surface area contributed by atoms with Gasteiger partial charge in [-0.25, -0.2) is 9.37 Å². The molecule has 2 unspecified atom stereocenters. The molecule has 1 aliphatic heterocycles. The first-order chi connectivity index (χ1) is 10.2. The van der Waals surface area contributed by atoms with Crippen molar-refractivity contribution in [1.82, 2.24) is 4.98 Å². The number of pyridine rings is 1. The van der Waals surface area contributed by atoms with E-state index in [1.165, 1.54) is 12.3 Å². The van der Waals surface area contributed by atoms with Crippen molar-refractivity contribution in [3.05, 3.63) is 18.1 Å². The zero-order valence-corrected chi connectivity index (χ0v) is 14.6. The van der Waals surface area contributed by atoms with Crippen LogP contribution in [0.25, 0.3) is 0 Å². The summed E-state index contributed by atoms with van der Waals surface area (Å²) in [7, 11) is -0.631. The van der Waals surface area contributed by atoms with Crippen LogP contribution in [0.5, 0.6) is 5.88 Å². The molecule has 22 heavy (non-hydrogen) atoms. The molecule has 0 saturated carbocycles.